The number of nitrogens with one attached hydrogen (secondary N) is 1. The van der Waals surface area contributed by atoms with Gasteiger partial charge in [-0.25, -0.2) is 4.98 Å². The molecule has 0 radical (unpaired) electrons. The molecular weight excluding hydrogens is 370 g/mol. The largest absolute Gasteiger partial charge is 0.344 e. The molecule has 1 atom stereocenters. The predicted molar refractivity (Wildman–Crippen MR) is 113 cm³/mol. The number of carbonyl (C=O) groups excluding carboxylic acids is 2. The van der Waals surface area contributed by atoms with Crippen LogP contribution < -0.4 is 10.2 Å². The number of para-hydroxylation sites is 1. The van der Waals surface area contributed by atoms with E-state index in [1.54, 1.807) is 47.5 Å². The number of carbonyl (C=O) groups is 2. The Morgan fingerprint density at radius 3 is 2.50 bits per heavy atom. The Labute approximate surface area is 169 Å². The molecule has 3 aromatic rings. The second-order valence-electron chi connectivity index (χ2n) is 6.50. The molecule has 28 heavy (non-hydrogen) atoms. The number of aromatic nitrogens is 1. The lowest BCUT2D eigenvalue weighted by Crippen LogP contribution is -2.28. The maximum Gasteiger partial charge on any atom is 0.258 e. The molecule has 2 amide bonds. The SMILES string of the molecule is CCc1nc(C(C)NC(=O)c2cccc(C(=O)N(C)c3ccccc3)c2)cs1. The molecule has 2 aromatic carbocycles. The minimum atomic E-state index is -0.226. The smallest absolute Gasteiger partial charge is 0.258 e. The van der Waals surface area contributed by atoms with Gasteiger partial charge in [-0.15, -0.1) is 11.3 Å². The van der Waals surface area contributed by atoms with Gasteiger partial charge in [-0.2, -0.15) is 0 Å². The molecule has 1 heterocycles. The van der Waals surface area contributed by atoms with Gasteiger partial charge < -0.3 is 10.2 Å². The van der Waals surface area contributed by atoms with E-state index >= 15 is 0 Å². The van der Waals surface area contributed by atoms with Crippen molar-refractivity contribution in [3.8, 4) is 0 Å². The van der Waals surface area contributed by atoms with Crippen LogP contribution in [-0.2, 0) is 6.42 Å². The van der Waals surface area contributed by atoms with Crippen LogP contribution in [0.2, 0.25) is 0 Å². The van der Waals surface area contributed by atoms with Gasteiger partial charge in [0, 0.05) is 29.2 Å². The molecule has 0 aliphatic carbocycles. The highest BCUT2D eigenvalue weighted by molar-refractivity contribution is 7.09. The average molecular weight is 394 g/mol. The predicted octanol–water partition coefficient (Wildman–Crippen LogP) is 4.47. The number of thiazole rings is 1. The first-order valence-corrected chi connectivity index (χ1v) is 10.1. The monoisotopic (exact) mass is 393 g/mol. The number of aryl methyl sites for hydroxylation is 1. The fourth-order valence-corrected chi connectivity index (χ4v) is 3.63. The van der Waals surface area contributed by atoms with Crippen LogP contribution in [0.3, 0.4) is 0 Å². The summed E-state index contributed by atoms with van der Waals surface area (Å²) in [4.78, 5) is 31.5. The van der Waals surface area contributed by atoms with Crippen LogP contribution in [0.25, 0.3) is 0 Å². The first kappa shape index (κ1) is 19.8. The summed E-state index contributed by atoms with van der Waals surface area (Å²) in [7, 11) is 1.72. The van der Waals surface area contributed by atoms with Gasteiger partial charge in [-0.3, -0.25) is 9.59 Å². The molecule has 0 aliphatic rings. The Morgan fingerprint density at radius 1 is 1.11 bits per heavy atom. The van der Waals surface area contributed by atoms with Gasteiger partial charge >= 0.3 is 0 Å². The summed E-state index contributed by atoms with van der Waals surface area (Å²) in [6.45, 7) is 3.96. The molecule has 3 rings (SSSR count). The Bertz CT molecular complexity index is 969. The van der Waals surface area contributed by atoms with E-state index in [9.17, 15) is 9.59 Å². The van der Waals surface area contributed by atoms with Crippen molar-refractivity contribution >= 4 is 28.8 Å². The summed E-state index contributed by atoms with van der Waals surface area (Å²) in [5.41, 5.74) is 2.57. The molecule has 0 fully saturated rings. The highest BCUT2D eigenvalue weighted by Gasteiger charge is 2.17. The molecule has 1 unspecified atom stereocenters. The van der Waals surface area contributed by atoms with E-state index in [2.05, 4.69) is 17.2 Å². The average Bonchev–Trinajstić information content (AvgIpc) is 3.23. The van der Waals surface area contributed by atoms with Gasteiger partial charge in [-0.05, 0) is 43.7 Å². The number of anilines is 1. The normalized spacial score (nSPS) is 11.7. The Hall–Kier alpha value is -2.99. The van der Waals surface area contributed by atoms with Crippen LogP contribution in [0.5, 0.6) is 0 Å². The van der Waals surface area contributed by atoms with Crippen LogP contribution in [0.1, 0.15) is 51.3 Å². The number of amides is 2. The molecule has 0 saturated heterocycles. The summed E-state index contributed by atoms with van der Waals surface area (Å²) >= 11 is 1.60. The third-order valence-corrected chi connectivity index (χ3v) is 5.49. The molecule has 6 heteroatoms. The van der Waals surface area contributed by atoms with Crippen molar-refractivity contribution in [1.29, 1.82) is 0 Å². The van der Waals surface area contributed by atoms with Gasteiger partial charge in [0.15, 0.2) is 0 Å². The van der Waals surface area contributed by atoms with E-state index in [-0.39, 0.29) is 17.9 Å². The summed E-state index contributed by atoms with van der Waals surface area (Å²) in [5.74, 6) is -0.392. The second-order valence-corrected chi connectivity index (χ2v) is 7.44. The first-order chi connectivity index (χ1) is 13.5. The molecule has 0 spiro atoms. The molecule has 1 N–H and O–H groups in total. The summed E-state index contributed by atoms with van der Waals surface area (Å²) in [6.07, 6.45) is 0.879. The third kappa shape index (κ3) is 4.46. The zero-order chi connectivity index (χ0) is 20.1. The topological polar surface area (TPSA) is 62.3 Å². The Kier molecular flexibility index (Phi) is 6.21. The van der Waals surface area contributed by atoms with Gasteiger partial charge in [0.05, 0.1) is 16.7 Å². The van der Waals surface area contributed by atoms with Crippen LogP contribution in [0.4, 0.5) is 5.69 Å². The fraction of sp³-hybridized carbons (Fsp3) is 0.227. The maximum atomic E-state index is 12.8. The van der Waals surface area contributed by atoms with Crippen molar-refractivity contribution in [3.05, 3.63) is 81.8 Å². The highest BCUT2D eigenvalue weighted by Crippen LogP contribution is 2.19. The van der Waals surface area contributed by atoms with E-state index in [0.717, 1.165) is 22.8 Å². The lowest BCUT2D eigenvalue weighted by Gasteiger charge is -2.18. The molecule has 0 aliphatic heterocycles. The van der Waals surface area contributed by atoms with Crippen LogP contribution in [0.15, 0.2) is 60.0 Å². The number of hydrogen-bond acceptors (Lipinski definition) is 4. The van der Waals surface area contributed by atoms with Crippen molar-refractivity contribution < 1.29 is 9.59 Å². The third-order valence-electron chi connectivity index (χ3n) is 4.48. The molecule has 0 bridgehead atoms. The molecule has 1 aromatic heterocycles. The van der Waals surface area contributed by atoms with E-state index in [0.29, 0.717) is 11.1 Å². The van der Waals surface area contributed by atoms with Gasteiger partial charge in [0.2, 0.25) is 0 Å². The van der Waals surface area contributed by atoms with Crippen LogP contribution in [0, 0.1) is 0 Å². The van der Waals surface area contributed by atoms with Crippen molar-refractivity contribution in [1.82, 2.24) is 10.3 Å². The minimum absolute atomic E-state index is 0.166. The highest BCUT2D eigenvalue weighted by atomic mass is 32.1. The number of rotatable bonds is 6. The number of nitrogens with zero attached hydrogens (tertiary/aromatic N) is 2. The zero-order valence-corrected chi connectivity index (χ0v) is 17.0. The Balaban J connectivity index is 1.73. The van der Waals surface area contributed by atoms with Gasteiger partial charge in [0.1, 0.15) is 0 Å². The van der Waals surface area contributed by atoms with E-state index in [1.165, 1.54) is 0 Å². The summed E-state index contributed by atoms with van der Waals surface area (Å²) in [6, 6.07) is 16.0. The lowest BCUT2D eigenvalue weighted by molar-refractivity contribution is 0.0939. The van der Waals surface area contributed by atoms with E-state index in [1.807, 2.05) is 42.6 Å². The Morgan fingerprint density at radius 2 is 1.82 bits per heavy atom. The zero-order valence-electron chi connectivity index (χ0n) is 16.2. The second kappa shape index (κ2) is 8.80. The number of hydrogen-bond donors (Lipinski definition) is 1. The van der Waals surface area contributed by atoms with Crippen molar-refractivity contribution in [2.45, 2.75) is 26.3 Å². The van der Waals surface area contributed by atoms with E-state index < -0.39 is 0 Å². The quantitative estimate of drug-likeness (QED) is 0.672. The maximum absolute atomic E-state index is 12.8. The minimum Gasteiger partial charge on any atom is -0.344 e. The van der Waals surface area contributed by atoms with Crippen molar-refractivity contribution in [3.63, 3.8) is 0 Å². The van der Waals surface area contributed by atoms with Crippen molar-refractivity contribution in [2.24, 2.45) is 0 Å². The van der Waals surface area contributed by atoms with Crippen molar-refractivity contribution in [2.75, 3.05) is 11.9 Å². The standard InChI is InChI=1S/C22H23N3O2S/c1-4-20-24-19(14-28-20)15(2)23-21(26)16-9-8-10-17(13-16)22(27)25(3)18-11-6-5-7-12-18/h5-15H,4H2,1-3H3,(H,23,26). The number of benzene rings is 2. The fourth-order valence-electron chi connectivity index (χ4n) is 2.80. The molecule has 5 nitrogen and oxygen atoms in total. The lowest BCUT2D eigenvalue weighted by atomic mass is 10.1. The summed E-state index contributed by atoms with van der Waals surface area (Å²) in [5, 5.41) is 5.98. The van der Waals surface area contributed by atoms with Crippen LogP contribution in [-0.4, -0.2) is 23.8 Å². The van der Waals surface area contributed by atoms with Gasteiger partial charge in [-0.1, -0.05) is 31.2 Å². The summed E-state index contributed by atoms with van der Waals surface area (Å²) < 4.78 is 0. The molecular formula is C22H23N3O2S. The first-order valence-electron chi connectivity index (χ1n) is 9.18. The molecule has 0 saturated carbocycles. The van der Waals surface area contributed by atoms with E-state index in [4.69, 9.17) is 0 Å². The van der Waals surface area contributed by atoms with Crippen LogP contribution >= 0.6 is 11.3 Å². The van der Waals surface area contributed by atoms with Gasteiger partial charge in [0.25, 0.3) is 11.8 Å². The molecule has 144 valence electrons.